The quantitative estimate of drug-likeness (QED) is 0.217. The number of aromatic nitrogens is 2. The number of nitrogens with one attached hydrogen (secondary N) is 1. The predicted molar refractivity (Wildman–Crippen MR) is 138 cm³/mol. The summed E-state index contributed by atoms with van der Waals surface area (Å²) in [4.78, 5) is 12.2. The van der Waals surface area contributed by atoms with Crippen LogP contribution in [0.2, 0.25) is 0 Å². The fourth-order valence-corrected chi connectivity index (χ4v) is 3.92. The van der Waals surface area contributed by atoms with E-state index >= 15 is 0 Å². The summed E-state index contributed by atoms with van der Waals surface area (Å²) in [6, 6.07) is 0. The number of hydrogen-bond donors (Lipinski definition) is 1. The zero-order valence-corrected chi connectivity index (χ0v) is 22.4. The molecule has 8 heteroatoms. The molecule has 0 spiro atoms. The zero-order chi connectivity index (χ0) is 21.2. The van der Waals surface area contributed by atoms with Gasteiger partial charge in [0.05, 0.1) is 5.69 Å². The van der Waals surface area contributed by atoms with Gasteiger partial charge in [0.25, 0.3) is 0 Å². The summed E-state index contributed by atoms with van der Waals surface area (Å²) >= 11 is 0. The van der Waals surface area contributed by atoms with E-state index in [0.717, 1.165) is 32.0 Å². The molecule has 0 unspecified atom stereocenters. The number of aliphatic imine (C=N–C) groups is 1. The molecule has 2 rings (SSSR count). The summed E-state index contributed by atoms with van der Waals surface area (Å²) in [5, 5.41) is 8.07. The van der Waals surface area contributed by atoms with E-state index < -0.39 is 0 Å². The van der Waals surface area contributed by atoms with Gasteiger partial charge in [0.15, 0.2) is 5.96 Å². The topological polar surface area (TPSA) is 51.9 Å². The fourth-order valence-electron chi connectivity index (χ4n) is 3.92. The Morgan fingerprint density at radius 2 is 1.83 bits per heavy atom. The molecule has 0 radical (unpaired) electrons. The molecule has 0 atom stereocenters. The standard InChI is InChI=1S/C22H43N7.HI/c1-7-23-22(26(5)17-20-18-27(6)25-21(20)19(3)4)24-11-9-10-12-29-15-13-28(8-2)14-16-29;/h18-19H,7-17H2,1-6H3,(H,23,24);1H. The molecule has 1 saturated heterocycles. The molecule has 1 aromatic rings. The molecule has 0 saturated carbocycles. The Labute approximate surface area is 201 Å². The molecule has 174 valence electrons. The summed E-state index contributed by atoms with van der Waals surface area (Å²) in [6.45, 7) is 18.6. The van der Waals surface area contributed by atoms with E-state index in [1.54, 1.807) is 0 Å². The van der Waals surface area contributed by atoms with Crippen molar-refractivity contribution in [1.29, 1.82) is 0 Å². The lowest BCUT2D eigenvalue weighted by atomic mass is 10.1. The molecule has 1 N–H and O–H groups in total. The van der Waals surface area contributed by atoms with E-state index in [9.17, 15) is 0 Å². The molecule has 1 aromatic heterocycles. The average Bonchev–Trinajstić information content (AvgIpc) is 3.07. The van der Waals surface area contributed by atoms with Crippen molar-refractivity contribution in [3.05, 3.63) is 17.5 Å². The summed E-state index contributed by atoms with van der Waals surface area (Å²) < 4.78 is 1.92. The monoisotopic (exact) mass is 533 g/mol. The second-order valence-electron chi connectivity index (χ2n) is 8.44. The molecular weight excluding hydrogens is 489 g/mol. The maximum atomic E-state index is 4.88. The summed E-state index contributed by atoms with van der Waals surface area (Å²) in [6.07, 6.45) is 4.49. The van der Waals surface area contributed by atoms with Crippen LogP contribution in [0.15, 0.2) is 11.2 Å². The SMILES string of the molecule is CCNC(=NCCCCN1CCN(CC)CC1)N(C)Cc1cn(C)nc1C(C)C.I. The van der Waals surface area contributed by atoms with Gasteiger partial charge in [0.1, 0.15) is 0 Å². The third-order valence-corrected chi connectivity index (χ3v) is 5.64. The van der Waals surface area contributed by atoms with Gasteiger partial charge in [-0.1, -0.05) is 20.8 Å². The first-order valence-electron chi connectivity index (χ1n) is 11.4. The van der Waals surface area contributed by atoms with Crippen LogP contribution in [0, 0.1) is 0 Å². The predicted octanol–water partition coefficient (Wildman–Crippen LogP) is 2.98. The molecule has 1 aliphatic heterocycles. The van der Waals surface area contributed by atoms with Crippen molar-refractivity contribution in [2.75, 3.05) is 59.4 Å². The van der Waals surface area contributed by atoms with E-state index in [1.807, 2.05) is 11.7 Å². The Hall–Kier alpha value is -0.870. The van der Waals surface area contributed by atoms with Gasteiger partial charge in [-0.15, -0.1) is 24.0 Å². The minimum atomic E-state index is 0. The summed E-state index contributed by atoms with van der Waals surface area (Å²) in [5.41, 5.74) is 2.46. The molecule has 0 aliphatic carbocycles. The molecule has 7 nitrogen and oxygen atoms in total. The van der Waals surface area contributed by atoms with E-state index in [4.69, 9.17) is 4.99 Å². The van der Waals surface area contributed by atoms with Crippen molar-refractivity contribution >= 4 is 29.9 Å². The number of unbranched alkanes of at least 4 members (excludes halogenated alkanes) is 1. The number of halogens is 1. The van der Waals surface area contributed by atoms with Gasteiger partial charge in [0.2, 0.25) is 0 Å². The third-order valence-electron chi connectivity index (χ3n) is 5.64. The van der Waals surface area contributed by atoms with E-state index in [-0.39, 0.29) is 24.0 Å². The van der Waals surface area contributed by atoms with Crippen LogP contribution in [-0.4, -0.2) is 89.8 Å². The molecule has 0 amide bonds. The smallest absolute Gasteiger partial charge is 0.193 e. The van der Waals surface area contributed by atoms with Crippen molar-refractivity contribution < 1.29 is 0 Å². The largest absolute Gasteiger partial charge is 0.357 e. The highest BCUT2D eigenvalue weighted by molar-refractivity contribution is 14.0. The first-order valence-corrected chi connectivity index (χ1v) is 11.4. The van der Waals surface area contributed by atoms with Gasteiger partial charge in [-0.3, -0.25) is 9.67 Å². The third kappa shape index (κ3) is 8.70. The molecule has 1 fully saturated rings. The number of likely N-dealkylation sites (N-methyl/N-ethyl adjacent to an activating group) is 1. The Bertz CT molecular complexity index is 621. The Morgan fingerprint density at radius 3 is 2.43 bits per heavy atom. The Kier molecular flexibility index (Phi) is 12.9. The lowest BCUT2D eigenvalue weighted by Gasteiger charge is -2.33. The van der Waals surface area contributed by atoms with Crippen LogP contribution in [0.3, 0.4) is 0 Å². The van der Waals surface area contributed by atoms with Crippen molar-refractivity contribution in [3.8, 4) is 0 Å². The van der Waals surface area contributed by atoms with Gasteiger partial charge in [-0.25, -0.2) is 0 Å². The first-order chi connectivity index (χ1) is 13.9. The maximum absolute atomic E-state index is 4.88. The minimum absolute atomic E-state index is 0. The van der Waals surface area contributed by atoms with Crippen LogP contribution in [0.4, 0.5) is 0 Å². The normalized spacial score (nSPS) is 16.0. The molecular formula is C22H44IN7. The van der Waals surface area contributed by atoms with Crippen molar-refractivity contribution in [2.45, 2.75) is 53.0 Å². The van der Waals surface area contributed by atoms with E-state index in [2.05, 4.69) is 66.1 Å². The molecule has 2 heterocycles. The molecule has 30 heavy (non-hydrogen) atoms. The van der Waals surface area contributed by atoms with E-state index in [1.165, 1.54) is 56.9 Å². The first kappa shape index (κ1) is 27.2. The molecule has 0 aromatic carbocycles. The van der Waals surface area contributed by atoms with Gasteiger partial charge in [0, 0.05) is 71.7 Å². The summed E-state index contributed by atoms with van der Waals surface area (Å²) in [7, 11) is 4.11. The van der Waals surface area contributed by atoms with Crippen LogP contribution >= 0.6 is 24.0 Å². The van der Waals surface area contributed by atoms with Gasteiger partial charge in [-0.05, 0) is 38.8 Å². The maximum Gasteiger partial charge on any atom is 0.193 e. The Balaban J connectivity index is 0.00000450. The number of hydrogen-bond acceptors (Lipinski definition) is 4. The zero-order valence-electron chi connectivity index (χ0n) is 20.0. The minimum Gasteiger partial charge on any atom is -0.357 e. The number of piperazine rings is 1. The second kappa shape index (κ2) is 14.2. The highest BCUT2D eigenvalue weighted by Gasteiger charge is 2.16. The lowest BCUT2D eigenvalue weighted by molar-refractivity contribution is 0.136. The van der Waals surface area contributed by atoms with Crippen LogP contribution < -0.4 is 5.32 Å². The van der Waals surface area contributed by atoms with E-state index in [0.29, 0.717) is 5.92 Å². The fraction of sp³-hybridized carbons (Fsp3) is 0.818. The lowest BCUT2D eigenvalue weighted by Crippen LogP contribution is -2.46. The van der Waals surface area contributed by atoms with Crippen LogP contribution in [0.5, 0.6) is 0 Å². The van der Waals surface area contributed by atoms with Crippen LogP contribution in [0.1, 0.15) is 57.7 Å². The van der Waals surface area contributed by atoms with Gasteiger partial charge >= 0.3 is 0 Å². The molecule has 1 aliphatic rings. The van der Waals surface area contributed by atoms with Crippen molar-refractivity contribution in [1.82, 2.24) is 29.8 Å². The van der Waals surface area contributed by atoms with Crippen molar-refractivity contribution in [3.63, 3.8) is 0 Å². The van der Waals surface area contributed by atoms with Gasteiger partial charge in [-0.2, -0.15) is 5.10 Å². The Morgan fingerprint density at radius 1 is 1.17 bits per heavy atom. The van der Waals surface area contributed by atoms with Crippen LogP contribution in [-0.2, 0) is 13.6 Å². The highest BCUT2D eigenvalue weighted by Crippen LogP contribution is 2.18. The highest BCUT2D eigenvalue weighted by atomic mass is 127. The molecule has 0 bridgehead atoms. The number of rotatable bonds is 10. The average molecular weight is 534 g/mol. The second-order valence-corrected chi connectivity index (χ2v) is 8.44. The van der Waals surface area contributed by atoms with Crippen LogP contribution in [0.25, 0.3) is 0 Å². The van der Waals surface area contributed by atoms with Gasteiger partial charge < -0.3 is 20.0 Å². The number of nitrogens with zero attached hydrogens (tertiary/aromatic N) is 6. The number of guanidine groups is 1. The summed E-state index contributed by atoms with van der Waals surface area (Å²) in [5.74, 6) is 1.42. The number of aryl methyl sites for hydroxylation is 1. The van der Waals surface area contributed by atoms with Crippen molar-refractivity contribution in [2.24, 2.45) is 12.0 Å².